The van der Waals surface area contributed by atoms with Crippen molar-refractivity contribution in [2.24, 2.45) is 0 Å². The van der Waals surface area contributed by atoms with Crippen LogP contribution in [0.15, 0.2) is 42.5 Å². The van der Waals surface area contributed by atoms with Crippen molar-refractivity contribution >= 4 is 34.8 Å². The molecule has 0 radical (unpaired) electrons. The summed E-state index contributed by atoms with van der Waals surface area (Å²) in [5, 5.41) is 1.46. The molecule has 4 heteroatoms. The molecule has 72 valence electrons. The molecule has 0 nitrogen and oxygen atoms in total. The second-order valence-corrected chi connectivity index (χ2v) is 3.50. The maximum Gasteiger partial charge on any atom is 2.00 e. The Morgan fingerprint density at radius 2 is 1.71 bits per heavy atom. The van der Waals surface area contributed by atoms with Gasteiger partial charge in [0.05, 0.1) is 0 Å². The average Bonchev–Trinajstić information content (AvgIpc) is 2.75. The molecule has 0 unspecified atom stereocenters. The van der Waals surface area contributed by atoms with Crippen LogP contribution in [0.5, 0.6) is 0 Å². The third-order valence-corrected chi connectivity index (χ3v) is 2.58. The van der Waals surface area contributed by atoms with Gasteiger partial charge >= 0.3 is 21.7 Å². The number of rotatable bonds is 0. The van der Waals surface area contributed by atoms with Crippen LogP contribution in [0.25, 0.3) is 0 Å². The summed E-state index contributed by atoms with van der Waals surface area (Å²) in [6.07, 6.45) is 0. The molecule has 0 N–H and O–H groups in total. The molecule has 0 aliphatic heterocycles. The molecule has 0 fully saturated rings. The van der Waals surface area contributed by atoms with E-state index < -0.39 is 0 Å². The van der Waals surface area contributed by atoms with Gasteiger partial charge < -0.3 is 0 Å². The van der Waals surface area contributed by atoms with Crippen molar-refractivity contribution in [2.75, 3.05) is 0 Å². The van der Waals surface area contributed by atoms with Gasteiger partial charge in [-0.15, -0.1) is 11.6 Å². The number of halogens is 3. The molecule has 0 bridgehead atoms. The first-order chi connectivity index (χ1) is 6.22. The maximum atomic E-state index is 5.53. The first-order valence-corrected chi connectivity index (χ1v) is 4.78. The number of hydrogen-bond donors (Lipinski definition) is 0. The zero-order chi connectivity index (χ0) is 9.68. The molecule has 2 aromatic carbocycles. The van der Waals surface area contributed by atoms with Crippen molar-refractivity contribution in [1.82, 2.24) is 0 Å². The van der Waals surface area contributed by atoms with Crippen molar-refractivity contribution in [1.29, 1.82) is 0 Å². The molecule has 0 aliphatic carbocycles. The van der Waals surface area contributed by atoms with Gasteiger partial charge in [0.25, 0.3) is 0 Å². The van der Waals surface area contributed by atoms with Crippen LogP contribution in [-0.4, -0.2) is 0 Å². The average molecular weight is 281 g/mol. The maximum absolute atomic E-state index is 5.53. The Hall–Kier alpha value is 0.284. The molecular formula is C10H7Cl3Ti. The minimum absolute atomic E-state index is 0. The molecule has 0 heterocycles. The van der Waals surface area contributed by atoms with E-state index in [4.69, 9.17) is 34.8 Å². The summed E-state index contributed by atoms with van der Waals surface area (Å²) in [6.45, 7) is 0. The van der Waals surface area contributed by atoms with Crippen LogP contribution in [0.3, 0.4) is 0 Å². The van der Waals surface area contributed by atoms with E-state index in [1.54, 1.807) is 12.1 Å². The summed E-state index contributed by atoms with van der Waals surface area (Å²) in [5.74, 6) is 0. The van der Waals surface area contributed by atoms with Gasteiger partial charge in [0.2, 0.25) is 0 Å². The molecule has 2 rings (SSSR count). The smallest absolute Gasteiger partial charge is 0.214 e. The quantitative estimate of drug-likeness (QED) is 0.482. The zero-order valence-corrected chi connectivity index (χ0v) is 11.0. The first kappa shape index (κ1) is 14.3. The normalized spacial score (nSPS) is 8.50. The number of hydrogen-bond acceptors (Lipinski definition) is 0. The Morgan fingerprint density at radius 1 is 1.14 bits per heavy atom. The van der Waals surface area contributed by atoms with Crippen molar-refractivity contribution in [3.05, 3.63) is 57.5 Å². The summed E-state index contributed by atoms with van der Waals surface area (Å²) >= 11 is 16.6. The van der Waals surface area contributed by atoms with Crippen LogP contribution in [-0.2, 0) is 21.7 Å². The predicted octanol–water partition coefficient (Wildman–Crippen LogP) is 4.77. The Labute approximate surface area is 113 Å². The fraction of sp³-hybridized carbons (Fsp3) is 0. The van der Waals surface area contributed by atoms with Crippen LogP contribution in [0.2, 0.25) is 15.1 Å². The summed E-state index contributed by atoms with van der Waals surface area (Å²) in [5.41, 5.74) is 0. The van der Waals surface area contributed by atoms with Gasteiger partial charge in [-0.05, 0) is 5.02 Å². The third kappa shape index (κ3) is 4.68. The van der Waals surface area contributed by atoms with Crippen molar-refractivity contribution in [3.8, 4) is 0 Å². The Balaban J connectivity index is 0.000000246. The second kappa shape index (κ2) is 7.56. The van der Waals surface area contributed by atoms with E-state index in [-0.39, 0.29) is 21.7 Å². The molecular weight excluding hydrogens is 274 g/mol. The third-order valence-electron chi connectivity index (χ3n) is 1.35. The van der Waals surface area contributed by atoms with E-state index in [0.29, 0.717) is 15.1 Å². The Bertz CT molecular complexity index is 301. The van der Waals surface area contributed by atoms with E-state index in [1.807, 2.05) is 30.3 Å². The fourth-order valence-corrected chi connectivity index (χ4v) is 1.23. The zero-order valence-electron chi connectivity index (χ0n) is 7.18. The molecule has 0 amide bonds. The minimum atomic E-state index is 0. The molecule has 0 saturated heterocycles. The van der Waals surface area contributed by atoms with Gasteiger partial charge in [0, 0.05) is 0 Å². The summed E-state index contributed by atoms with van der Waals surface area (Å²) in [6, 6.07) is 13.3. The van der Waals surface area contributed by atoms with Crippen LogP contribution in [0.1, 0.15) is 0 Å². The molecule has 0 saturated carbocycles. The topological polar surface area (TPSA) is 0 Å². The molecule has 0 aromatic heterocycles. The van der Waals surface area contributed by atoms with Crippen molar-refractivity contribution in [3.63, 3.8) is 0 Å². The Morgan fingerprint density at radius 3 is 1.86 bits per heavy atom. The monoisotopic (exact) mass is 280 g/mol. The van der Waals surface area contributed by atoms with E-state index in [0.717, 1.165) is 0 Å². The second-order valence-electron chi connectivity index (χ2n) is 2.31. The molecule has 14 heavy (non-hydrogen) atoms. The van der Waals surface area contributed by atoms with E-state index in [2.05, 4.69) is 0 Å². The van der Waals surface area contributed by atoms with Crippen LogP contribution >= 0.6 is 34.8 Å². The van der Waals surface area contributed by atoms with Crippen LogP contribution in [0.4, 0.5) is 0 Å². The first-order valence-electron chi connectivity index (χ1n) is 3.64. The van der Waals surface area contributed by atoms with Crippen molar-refractivity contribution in [2.45, 2.75) is 0 Å². The minimum Gasteiger partial charge on any atom is -0.214 e. The summed E-state index contributed by atoms with van der Waals surface area (Å²) in [4.78, 5) is 0. The van der Waals surface area contributed by atoms with Gasteiger partial charge in [-0.3, -0.25) is 0 Å². The van der Waals surface area contributed by atoms with E-state index >= 15 is 0 Å². The summed E-state index contributed by atoms with van der Waals surface area (Å²) in [7, 11) is 0. The molecule has 0 aliphatic rings. The summed E-state index contributed by atoms with van der Waals surface area (Å²) < 4.78 is 0. The van der Waals surface area contributed by atoms with Gasteiger partial charge in [0.1, 0.15) is 0 Å². The fourth-order valence-electron chi connectivity index (χ4n) is 0.727. The largest absolute Gasteiger partial charge is 2.00 e. The standard InChI is InChI=1S/C5H2Cl3.C5H5.Ti/c6-3-1-2-4(7)5(3)8;1-2-4-5-3-1;/h1-2H;1-5H;/q2*-1;+2. The van der Waals surface area contributed by atoms with Gasteiger partial charge in [-0.2, -0.15) is 53.5 Å². The predicted molar refractivity (Wildman–Crippen MR) is 59.1 cm³/mol. The van der Waals surface area contributed by atoms with E-state index in [9.17, 15) is 0 Å². The van der Waals surface area contributed by atoms with E-state index in [1.165, 1.54) is 0 Å². The SMILES string of the molecule is Clc1cc[c-](Cl)c1Cl.[Ti+2].c1cc[cH-]c1. The molecule has 0 spiro atoms. The molecule has 0 atom stereocenters. The molecule has 2 aromatic rings. The van der Waals surface area contributed by atoms with Gasteiger partial charge in [-0.25, -0.2) is 12.1 Å². The van der Waals surface area contributed by atoms with Crippen molar-refractivity contribution < 1.29 is 21.7 Å². The van der Waals surface area contributed by atoms with Crippen LogP contribution < -0.4 is 0 Å². The van der Waals surface area contributed by atoms with Gasteiger partial charge in [-0.1, -0.05) is 10.0 Å². The Kier molecular flexibility index (Phi) is 7.71. The van der Waals surface area contributed by atoms with Gasteiger partial charge in [0.15, 0.2) is 0 Å². The van der Waals surface area contributed by atoms with Crippen LogP contribution in [0, 0.1) is 0 Å².